The van der Waals surface area contributed by atoms with Gasteiger partial charge in [-0.25, -0.2) is 0 Å². The minimum Gasteiger partial charge on any atom is -0.396 e. The second-order valence-electron chi connectivity index (χ2n) is 5.07. The Morgan fingerprint density at radius 3 is 1.86 bits per heavy atom. The van der Waals surface area contributed by atoms with Crippen molar-refractivity contribution >= 4 is 0 Å². The summed E-state index contributed by atoms with van der Waals surface area (Å²) in [6, 6.07) is 27.2. The van der Waals surface area contributed by atoms with E-state index in [0.717, 1.165) is 0 Å². The third kappa shape index (κ3) is 3.04. The fourth-order valence-electron chi connectivity index (χ4n) is 2.61. The lowest BCUT2D eigenvalue weighted by Gasteiger charge is -2.09. The Balaban J connectivity index is 1.95. The summed E-state index contributed by atoms with van der Waals surface area (Å²) in [5.74, 6) is 0. The lowest BCUT2D eigenvalue weighted by molar-refractivity contribution is 0.300. The van der Waals surface area contributed by atoms with E-state index in [4.69, 9.17) is 0 Å². The standard InChI is InChI=1S/C20H18O/c21-15-14-18-8-4-5-9-20(18)19-12-10-17(11-13-19)16-6-2-1-3-7-16/h1-13,21H,14-15H2. The SMILES string of the molecule is OCCc1ccccc1-c1ccc(-c2ccccc2)cc1. The van der Waals surface area contributed by atoms with Gasteiger partial charge in [-0.1, -0.05) is 78.9 Å². The van der Waals surface area contributed by atoms with Crippen LogP contribution in [0.1, 0.15) is 5.56 Å². The highest BCUT2D eigenvalue weighted by Gasteiger charge is 2.04. The van der Waals surface area contributed by atoms with E-state index in [1.807, 2.05) is 18.2 Å². The van der Waals surface area contributed by atoms with Crippen LogP contribution in [0.4, 0.5) is 0 Å². The first-order valence-corrected chi connectivity index (χ1v) is 7.23. The molecule has 3 aromatic rings. The number of hydrogen-bond acceptors (Lipinski definition) is 1. The van der Waals surface area contributed by atoms with Crippen molar-refractivity contribution in [2.45, 2.75) is 6.42 Å². The van der Waals surface area contributed by atoms with Crippen LogP contribution in [0.2, 0.25) is 0 Å². The van der Waals surface area contributed by atoms with Gasteiger partial charge >= 0.3 is 0 Å². The molecule has 0 aliphatic rings. The lowest BCUT2D eigenvalue weighted by Crippen LogP contribution is -1.93. The molecular weight excluding hydrogens is 256 g/mol. The van der Waals surface area contributed by atoms with Crippen LogP contribution in [-0.4, -0.2) is 11.7 Å². The number of rotatable bonds is 4. The molecule has 3 aromatic carbocycles. The largest absolute Gasteiger partial charge is 0.396 e. The van der Waals surface area contributed by atoms with Gasteiger partial charge in [0.15, 0.2) is 0 Å². The second-order valence-corrected chi connectivity index (χ2v) is 5.07. The Morgan fingerprint density at radius 1 is 0.571 bits per heavy atom. The molecule has 0 atom stereocenters. The molecule has 104 valence electrons. The molecule has 0 aliphatic heterocycles. The van der Waals surface area contributed by atoms with E-state index in [1.54, 1.807) is 0 Å². The molecule has 1 heteroatoms. The van der Waals surface area contributed by atoms with Gasteiger partial charge in [-0.3, -0.25) is 0 Å². The van der Waals surface area contributed by atoms with Gasteiger partial charge in [-0.2, -0.15) is 0 Å². The van der Waals surface area contributed by atoms with E-state index in [0.29, 0.717) is 6.42 Å². The Hall–Kier alpha value is -2.38. The van der Waals surface area contributed by atoms with Crippen molar-refractivity contribution in [1.82, 2.24) is 0 Å². The first-order chi connectivity index (χ1) is 10.4. The van der Waals surface area contributed by atoms with Crippen molar-refractivity contribution in [3.05, 3.63) is 84.4 Å². The van der Waals surface area contributed by atoms with Crippen LogP contribution in [-0.2, 0) is 6.42 Å². The zero-order valence-corrected chi connectivity index (χ0v) is 11.9. The van der Waals surface area contributed by atoms with Gasteiger partial charge in [0.05, 0.1) is 0 Å². The maximum atomic E-state index is 9.18. The monoisotopic (exact) mass is 274 g/mol. The lowest BCUT2D eigenvalue weighted by atomic mass is 9.96. The van der Waals surface area contributed by atoms with Crippen LogP contribution < -0.4 is 0 Å². The molecule has 0 aliphatic carbocycles. The summed E-state index contributed by atoms with van der Waals surface area (Å²) in [6.45, 7) is 0.180. The first kappa shape index (κ1) is 13.6. The summed E-state index contributed by atoms with van der Waals surface area (Å²) in [5, 5.41) is 9.18. The van der Waals surface area contributed by atoms with Gasteiger partial charge < -0.3 is 5.11 Å². The molecule has 0 bridgehead atoms. The Bertz CT molecular complexity index is 699. The summed E-state index contributed by atoms with van der Waals surface area (Å²) in [6.07, 6.45) is 0.691. The molecule has 0 aromatic heterocycles. The van der Waals surface area contributed by atoms with E-state index in [1.165, 1.54) is 27.8 Å². The summed E-state index contributed by atoms with van der Waals surface area (Å²) >= 11 is 0. The highest BCUT2D eigenvalue weighted by atomic mass is 16.2. The zero-order chi connectivity index (χ0) is 14.5. The van der Waals surface area contributed by atoms with Crippen LogP contribution in [0.5, 0.6) is 0 Å². The van der Waals surface area contributed by atoms with Crippen LogP contribution in [0.3, 0.4) is 0 Å². The third-order valence-electron chi connectivity index (χ3n) is 3.70. The number of hydrogen-bond donors (Lipinski definition) is 1. The molecule has 1 N–H and O–H groups in total. The van der Waals surface area contributed by atoms with Crippen LogP contribution in [0, 0.1) is 0 Å². The molecule has 0 saturated heterocycles. The predicted molar refractivity (Wildman–Crippen MR) is 88.1 cm³/mol. The molecule has 1 nitrogen and oxygen atoms in total. The van der Waals surface area contributed by atoms with Gasteiger partial charge in [0.2, 0.25) is 0 Å². The maximum Gasteiger partial charge on any atom is 0.0471 e. The summed E-state index contributed by atoms with van der Waals surface area (Å²) in [7, 11) is 0. The number of aliphatic hydroxyl groups excluding tert-OH is 1. The van der Waals surface area contributed by atoms with Crippen LogP contribution in [0.25, 0.3) is 22.3 Å². The Morgan fingerprint density at radius 2 is 1.14 bits per heavy atom. The summed E-state index contributed by atoms with van der Waals surface area (Å²) in [5.41, 5.74) is 6.03. The Kier molecular flexibility index (Phi) is 4.13. The van der Waals surface area contributed by atoms with E-state index in [-0.39, 0.29) is 6.61 Å². The number of aliphatic hydroxyl groups is 1. The van der Waals surface area contributed by atoms with E-state index < -0.39 is 0 Å². The molecule has 0 saturated carbocycles. The van der Waals surface area contributed by atoms with Gasteiger partial charge in [0.25, 0.3) is 0 Å². The average Bonchev–Trinajstić information content (AvgIpc) is 2.57. The molecule has 0 spiro atoms. The van der Waals surface area contributed by atoms with E-state index in [2.05, 4.69) is 60.7 Å². The average molecular weight is 274 g/mol. The smallest absolute Gasteiger partial charge is 0.0471 e. The highest BCUT2D eigenvalue weighted by molar-refractivity contribution is 5.72. The summed E-state index contributed by atoms with van der Waals surface area (Å²) in [4.78, 5) is 0. The van der Waals surface area contributed by atoms with Crippen molar-refractivity contribution in [2.75, 3.05) is 6.61 Å². The molecule has 0 fully saturated rings. The van der Waals surface area contributed by atoms with Crippen molar-refractivity contribution < 1.29 is 5.11 Å². The van der Waals surface area contributed by atoms with Gasteiger partial charge in [-0.05, 0) is 34.2 Å². The van der Waals surface area contributed by atoms with E-state index in [9.17, 15) is 5.11 Å². The zero-order valence-electron chi connectivity index (χ0n) is 11.9. The van der Waals surface area contributed by atoms with Crippen LogP contribution in [0.15, 0.2) is 78.9 Å². The van der Waals surface area contributed by atoms with Crippen molar-refractivity contribution in [3.8, 4) is 22.3 Å². The van der Waals surface area contributed by atoms with Crippen molar-refractivity contribution in [3.63, 3.8) is 0 Å². The van der Waals surface area contributed by atoms with E-state index >= 15 is 0 Å². The third-order valence-corrected chi connectivity index (χ3v) is 3.70. The molecule has 0 heterocycles. The van der Waals surface area contributed by atoms with Gasteiger partial charge in [-0.15, -0.1) is 0 Å². The molecule has 0 unspecified atom stereocenters. The quantitative estimate of drug-likeness (QED) is 0.739. The minimum absolute atomic E-state index is 0.180. The fourth-order valence-corrected chi connectivity index (χ4v) is 2.61. The molecule has 21 heavy (non-hydrogen) atoms. The first-order valence-electron chi connectivity index (χ1n) is 7.23. The molecular formula is C20H18O. The molecule has 3 rings (SSSR count). The van der Waals surface area contributed by atoms with Crippen molar-refractivity contribution in [2.24, 2.45) is 0 Å². The van der Waals surface area contributed by atoms with Gasteiger partial charge in [0.1, 0.15) is 0 Å². The normalized spacial score (nSPS) is 10.5. The topological polar surface area (TPSA) is 20.2 Å². The van der Waals surface area contributed by atoms with Gasteiger partial charge in [0, 0.05) is 6.61 Å². The second kappa shape index (κ2) is 6.38. The highest BCUT2D eigenvalue weighted by Crippen LogP contribution is 2.27. The summed E-state index contributed by atoms with van der Waals surface area (Å²) < 4.78 is 0. The Labute approximate surface area is 125 Å². The fraction of sp³-hybridized carbons (Fsp3) is 0.100. The maximum absolute atomic E-state index is 9.18. The van der Waals surface area contributed by atoms with Crippen molar-refractivity contribution in [1.29, 1.82) is 0 Å². The molecule has 0 amide bonds. The predicted octanol–water partition coefficient (Wildman–Crippen LogP) is 4.56. The minimum atomic E-state index is 0.180. The molecule has 0 radical (unpaired) electrons. The number of benzene rings is 3. The van der Waals surface area contributed by atoms with Crippen LogP contribution >= 0.6 is 0 Å².